The van der Waals surface area contributed by atoms with Crippen molar-refractivity contribution in [1.82, 2.24) is 4.90 Å². The molecule has 0 aromatic heterocycles. The molecule has 3 atom stereocenters. The minimum Gasteiger partial charge on any atom is -0.370 e. The second-order valence-corrected chi connectivity index (χ2v) is 7.06. The minimum atomic E-state index is 0. The topological polar surface area (TPSA) is 41.6 Å². The summed E-state index contributed by atoms with van der Waals surface area (Å²) in [5.74, 6) is 2.05. The van der Waals surface area contributed by atoms with E-state index < -0.39 is 0 Å². The highest BCUT2D eigenvalue weighted by Gasteiger charge is 2.38. The maximum atomic E-state index is 6.18. The Hall–Kier alpha value is -0.300. The van der Waals surface area contributed by atoms with E-state index in [9.17, 15) is 0 Å². The van der Waals surface area contributed by atoms with Gasteiger partial charge in [0.2, 0.25) is 0 Å². The Kier molecular flexibility index (Phi) is 5.94. The van der Waals surface area contributed by atoms with E-state index in [1.165, 1.54) is 18.4 Å². The molecule has 1 aliphatic heterocycles. The Morgan fingerprint density at radius 2 is 2.05 bits per heavy atom. The van der Waals surface area contributed by atoms with Gasteiger partial charge in [0.15, 0.2) is 5.96 Å². The van der Waals surface area contributed by atoms with Crippen LogP contribution in [-0.4, -0.2) is 30.0 Å². The molecular formula is C16H23BrIN3. The molecule has 0 amide bonds. The predicted octanol–water partition coefficient (Wildman–Crippen LogP) is 3.97. The number of aliphatic imine (C=N–C) groups is 1. The molecule has 3 rings (SSSR count). The lowest BCUT2D eigenvalue weighted by Gasteiger charge is -2.31. The SMILES string of the molecule is CC1CCCN(C(N)=NC2CC2c2ccc(Br)cc2)C1.I. The molecular weight excluding hydrogens is 441 g/mol. The number of halogens is 2. The third-order valence-electron chi connectivity index (χ3n) is 4.33. The summed E-state index contributed by atoms with van der Waals surface area (Å²) in [6.07, 6.45) is 3.68. The summed E-state index contributed by atoms with van der Waals surface area (Å²) >= 11 is 3.47. The number of nitrogens with two attached hydrogens (primary N) is 1. The maximum Gasteiger partial charge on any atom is 0.191 e. The van der Waals surface area contributed by atoms with Gasteiger partial charge >= 0.3 is 0 Å². The first-order chi connectivity index (χ1) is 9.63. The number of benzene rings is 1. The Balaban J connectivity index is 0.00000161. The van der Waals surface area contributed by atoms with Crippen molar-refractivity contribution < 1.29 is 0 Å². The van der Waals surface area contributed by atoms with Gasteiger partial charge in [-0.3, -0.25) is 0 Å². The largest absolute Gasteiger partial charge is 0.370 e. The maximum absolute atomic E-state index is 6.18. The van der Waals surface area contributed by atoms with Crippen molar-refractivity contribution in [2.45, 2.75) is 38.1 Å². The highest BCUT2D eigenvalue weighted by atomic mass is 127. The van der Waals surface area contributed by atoms with E-state index in [4.69, 9.17) is 10.7 Å². The summed E-state index contributed by atoms with van der Waals surface area (Å²) in [7, 11) is 0. The number of rotatable bonds is 2. The molecule has 116 valence electrons. The number of piperidine rings is 1. The second kappa shape index (κ2) is 7.31. The van der Waals surface area contributed by atoms with Gasteiger partial charge in [0.05, 0.1) is 6.04 Å². The zero-order chi connectivity index (χ0) is 14.1. The van der Waals surface area contributed by atoms with Gasteiger partial charge in [0, 0.05) is 23.5 Å². The van der Waals surface area contributed by atoms with Gasteiger partial charge in [-0.25, -0.2) is 4.99 Å². The van der Waals surface area contributed by atoms with Gasteiger partial charge in [-0.05, 0) is 42.9 Å². The average molecular weight is 464 g/mol. The monoisotopic (exact) mass is 463 g/mol. The lowest BCUT2D eigenvalue weighted by Crippen LogP contribution is -2.43. The summed E-state index contributed by atoms with van der Waals surface area (Å²) < 4.78 is 1.13. The average Bonchev–Trinajstić information content (AvgIpc) is 3.19. The third kappa shape index (κ3) is 4.34. The van der Waals surface area contributed by atoms with Crippen molar-refractivity contribution in [3.8, 4) is 0 Å². The number of hydrogen-bond acceptors (Lipinski definition) is 1. The van der Waals surface area contributed by atoms with Gasteiger partial charge in [0.25, 0.3) is 0 Å². The first-order valence-corrected chi connectivity index (χ1v) is 8.26. The molecule has 5 heteroatoms. The smallest absolute Gasteiger partial charge is 0.191 e. The quantitative estimate of drug-likeness (QED) is 0.409. The molecule has 0 radical (unpaired) electrons. The van der Waals surface area contributed by atoms with Crippen LogP contribution in [0.15, 0.2) is 33.7 Å². The molecule has 1 aliphatic carbocycles. The fourth-order valence-corrected chi connectivity index (χ4v) is 3.31. The van der Waals surface area contributed by atoms with Crippen molar-refractivity contribution in [3.05, 3.63) is 34.3 Å². The zero-order valence-electron chi connectivity index (χ0n) is 12.3. The third-order valence-corrected chi connectivity index (χ3v) is 4.86. The van der Waals surface area contributed by atoms with Crippen LogP contribution in [0.1, 0.15) is 37.7 Å². The fraction of sp³-hybridized carbons (Fsp3) is 0.562. The summed E-state index contributed by atoms with van der Waals surface area (Å²) in [5, 5.41) is 0. The Labute approximate surface area is 152 Å². The molecule has 2 N–H and O–H groups in total. The van der Waals surface area contributed by atoms with Crippen LogP contribution in [0.25, 0.3) is 0 Å². The molecule has 1 saturated carbocycles. The van der Waals surface area contributed by atoms with Crippen molar-refractivity contribution in [2.24, 2.45) is 16.6 Å². The molecule has 1 aromatic rings. The number of hydrogen-bond donors (Lipinski definition) is 1. The molecule has 3 unspecified atom stereocenters. The van der Waals surface area contributed by atoms with Crippen molar-refractivity contribution in [1.29, 1.82) is 0 Å². The molecule has 1 heterocycles. The van der Waals surface area contributed by atoms with E-state index in [2.05, 4.69) is 52.0 Å². The molecule has 0 bridgehead atoms. The van der Waals surface area contributed by atoms with Crippen LogP contribution < -0.4 is 5.73 Å². The predicted molar refractivity (Wildman–Crippen MR) is 102 cm³/mol. The Morgan fingerprint density at radius 1 is 1.33 bits per heavy atom. The summed E-state index contributed by atoms with van der Waals surface area (Å²) in [4.78, 5) is 6.99. The normalized spacial score (nSPS) is 29.0. The molecule has 2 fully saturated rings. The lowest BCUT2D eigenvalue weighted by molar-refractivity contribution is 0.270. The molecule has 3 nitrogen and oxygen atoms in total. The first-order valence-electron chi connectivity index (χ1n) is 7.47. The van der Waals surface area contributed by atoms with Crippen LogP contribution in [0.4, 0.5) is 0 Å². The lowest BCUT2D eigenvalue weighted by atomic mass is 10.0. The number of nitrogens with zero attached hydrogens (tertiary/aromatic N) is 2. The summed E-state index contributed by atoms with van der Waals surface area (Å²) in [5.41, 5.74) is 7.56. The van der Waals surface area contributed by atoms with E-state index in [0.29, 0.717) is 12.0 Å². The Morgan fingerprint density at radius 3 is 2.71 bits per heavy atom. The number of guanidine groups is 1. The first kappa shape index (κ1) is 17.1. The van der Waals surface area contributed by atoms with Crippen molar-refractivity contribution >= 4 is 45.9 Å². The van der Waals surface area contributed by atoms with Crippen LogP contribution in [0.3, 0.4) is 0 Å². The van der Waals surface area contributed by atoms with E-state index in [0.717, 1.165) is 35.9 Å². The van der Waals surface area contributed by atoms with Crippen LogP contribution >= 0.6 is 39.9 Å². The van der Waals surface area contributed by atoms with E-state index in [-0.39, 0.29) is 24.0 Å². The van der Waals surface area contributed by atoms with Gasteiger partial charge in [-0.15, -0.1) is 24.0 Å². The molecule has 1 saturated heterocycles. The molecule has 2 aliphatic rings. The molecule has 0 spiro atoms. The van der Waals surface area contributed by atoms with Crippen LogP contribution in [0, 0.1) is 5.92 Å². The van der Waals surface area contributed by atoms with Crippen molar-refractivity contribution in [3.63, 3.8) is 0 Å². The number of likely N-dealkylation sites (tertiary alicyclic amines) is 1. The molecule has 21 heavy (non-hydrogen) atoms. The Bertz CT molecular complexity index is 503. The molecule has 1 aromatic carbocycles. The van der Waals surface area contributed by atoms with Crippen molar-refractivity contribution in [2.75, 3.05) is 13.1 Å². The van der Waals surface area contributed by atoms with Gasteiger partial charge in [-0.2, -0.15) is 0 Å². The van der Waals surface area contributed by atoms with E-state index in [1.54, 1.807) is 0 Å². The van der Waals surface area contributed by atoms with Crippen LogP contribution in [0.2, 0.25) is 0 Å². The van der Waals surface area contributed by atoms with E-state index in [1.807, 2.05) is 0 Å². The summed E-state index contributed by atoms with van der Waals surface area (Å²) in [6.45, 7) is 4.42. The van der Waals surface area contributed by atoms with Gasteiger partial charge in [0.1, 0.15) is 0 Å². The van der Waals surface area contributed by atoms with E-state index >= 15 is 0 Å². The second-order valence-electron chi connectivity index (χ2n) is 6.14. The van der Waals surface area contributed by atoms with Gasteiger partial charge < -0.3 is 10.6 Å². The zero-order valence-corrected chi connectivity index (χ0v) is 16.3. The summed E-state index contributed by atoms with van der Waals surface area (Å²) in [6, 6.07) is 8.95. The van der Waals surface area contributed by atoms with Crippen LogP contribution in [0.5, 0.6) is 0 Å². The minimum absolute atomic E-state index is 0. The standard InChI is InChI=1S/C16H22BrN3.HI/c1-11-3-2-8-20(10-11)16(18)19-15-9-14(15)12-4-6-13(17)7-5-12;/h4-7,11,14-15H,2-3,8-10H2,1H3,(H2,18,19);1H. The highest BCUT2D eigenvalue weighted by Crippen LogP contribution is 2.43. The highest BCUT2D eigenvalue weighted by molar-refractivity contribution is 14.0. The van der Waals surface area contributed by atoms with Gasteiger partial charge in [-0.1, -0.05) is 35.0 Å². The fourth-order valence-electron chi connectivity index (χ4n) is 3.04. The van der Waals surface area contributed by atoms with Crippen LogP contribution in [-0.2, 0) is 0 Å².